The summed E-state index contributed by atoms with van der Waals surface area (Å²) in [5, 5.41) is 0. The summed E-state index contributed by atoms with van der Waals surface area (Å²) >= 11 is 0. The molecule has 1 nitrogen and oxygen atoms in total. The molecular weight excluding hydrogens is 174 g/mol. The van der Waals surface area contributed by atoms with Crippen molar-refractivity contribution < 1.29 is 13.5 Å². The molecule has 1 aromatic rings. The zero-order valence-electron chi connectivity index (χ0n) is 7.73. The second-order valence-corrected chi connectivity index (χ2v) is 2.80. The van der Waals surface area contributed by atoms with Crippen LogP contribution in [0.4, 0.5) is 8.78 Å². The number of aryl methyl sites for hydroxylation is 1. The number of ether oxygens (including phenoxy) is 1. The molecule has 0 heterocycles. The van der Waals surface area contributed by atoms with Crippen molar-refractivity contribution in [1.29, 1.82) is 0 Å². The number of rotatable bonds is 3. The van der Waals surface area contributed by atoms with E-state index in [0.717, 1.165) is 6.42 Å². The second-order valence-electron chi connectivity index (χ2n) is 2.80. The summed E-state index contributed by atoms with van der Waals surface area (Å²) in [7, 11) is 1.26. The predicted octanol–water partition coefficient (Wildman–Crippen LogP) is 2.93. The number of hydrogen-bond donors (Lipinski definition) is 0. The van der Waals surface area contributed by atoms with Gasteiger partial charge >= 0.3 is 0 Å². The maximum atomic E-state index is 13.4. The summed E-state index contributed by atoms with van der Waals surface area (Å²) < 4.78 is 30.9. The van der Waals surface area contributed by atoms with Crippen molar-refractivity contribution in [2.75, 3.05) is 7.11 Å². The minimum Gasteiger partial charge on any atom is -0.491 e. The lowest BCUT2D eigenvalue weighted by Crippen LogP contribution is -1.97. The molecule has 0 amide bonds. The second kappa shape index (κ2) is 4.21. The summed E-state index contributed by atoms with van der Waals surface area (Å²) in [6, 6.07) is 2.68. The Morgan fingerprint density at radius 2 is 2.00 bits per heavy atom. The Morgan fingerprint density at radius 3 is 2.54 bits per heavy atom. The Balaban J connectivity index is 3.11. The standard InChI is InChI=1S/C10H12F2O/c1-3-4-7-5-6-8(11)10(13-2)9(7)12/h5-6H,3-4H2,1-2H3. The van der Waals surface area contributed by atoms with Gasteiger partial charge in [0.25, 0.3) is 0 Å². The van der Waals surface area contributed by atoms with Gasteiger partial charge in [-0.25, -0.2) is 8.78 Å². The van der Waals surface area contributed by atoms with E-state index in [9.17, 15) is 8.78 Å². The van der Waals surface area contributed by atoms with E-state index in [1.165, 1.54) is 19.2 Å². The number of halogens is 2. The van der Waals surface area contributed by atoms with Crippen molar-refractivity contribution in [2.24, 2.45) is 0 Å². The summed E-state index contributed by atoms with van der Waals surface area (Å²) in [6.45, 7) is 1.94. The number of benzene rings is 1. The van der Waals surface area contributed by atoms with Crippen LogP contribution in [0.25, 0.3) is 0 Å². The number of methoxy groups -OCH3 is 1. The van der Waals surface area contributed by atoms with Gasteiger partial charge in [0.05, 0.1) is 7.11 Å². The van der Waals surface area contributed by atoms with Gasteiger partial charge in [-0.2, -0.15) is 0 Å². The highest BCUT2D eigenvalue weighted by atomic mass is 19.1. The van der Waals surface area contributed by atoms with Crippen LogP contribution in [0.15, 0.2) is 12.1 Å². The van der Waals surface area contributed by atoms with Crippen LogP contribution in [0.5, 0.6) is 5.75 Å². The molecule has 0 unspecified atom stereocenters. The van der Waals surface area contributed by atoms with Crippen LogP contribution >= 0.6 is 0 Å². The highest BCUT2D eigenvalue weighted by Gasteiger charge is 2.12. The maximum Gasteiger partial charge on any atom is 0.190 e. The summed E-state index contributed by atoms with van der Waals surface area (Å²) in [4.78, 5) is 0. The van der Waals surface area contributed by atoms with E-state index < -0.39 is 11.6 Å². The van der Waals surface area contributed by atoms with Crippen LogP contribution in [0, 0.1) is 11.6 Å². The lowest BCUT2D eigenvalue weighted by molar-refractivity contribution is 0.357. The van der Waals surface area contributed by atoms with Gasteiger partial charge in [0.2, 0.25) is 0 Å². The first-order valence-electron chi connectivity index (χ1n) is 4.21. The first-order valence-corrected chi connectivity index (χ1v) is 4.21. The van der Waals surface area contributed by atoms with E-state index in [0.29, 0.717) is 12.0 Å². The lowest BCUT2D eigenvalue weighted by atomic mass is 10.1. The van der Waals surface area contributed by atoms with Crippen LogP contribution in [0.3, 0.4) is 0 Å². The largest absolute Gasteiger partial charge is 0.491 e. The molecule has 13 heavy (non-hydrogen) atoms. The predicted molar refractivity (Wildman–Crippen MR) is 46.9 cm³/mol. The van der Waals surface area contributed by atoms with Gasteiger partial charge in [0.1, 0.15) is 0 Å². The van der Waals surface area contributed by atoms with Gasteiger partial charge in [0.15, 0.2) is 17.4 Å². The number of hydrogen-bond acceptors (Lipinski definition) is 1. The zero-order chi connectivity index (χ0) is 9.84. The molecule has 0 fully saturated rings. The Labute approximate surface area is 76.3 Å². The molecule has 0 saturated carbocycles. The average molecular weight is 186 g/mol. The molecule has 1 rings (SSSR count). The molecule has 0 saturated heterocycles. The molecule has 0 aliphatic rings. The van der Waals surface area contributed by atoms with E-state index in [1.54, 1.807) is 0 Å². The normalized spacial score (nSPS) is 10.2. The summed E-state index contributed by atoms with van der Waals surface area (Å²) in [5.41, 5.74) is 0.501. The van der Waals surface area contributed by atoms with Crippen molar-refractivity contribution in [3.63, 3.8) is 0 Å². The quantitative estimate of drug-likeness (QED) is 0.705. The fourth-order valence-electron chi connectivity index (χ4n) is 1.22. The van der Waals surface area contributed by atoms with E-state index >= 15 is 0 Å². The van der Waals surface area contributed by atoms with Crippen LogP contribution < -0.4 is 4.74 Å². The Bertz CT molecular complexity index is 297. The summed E-state index contributed by atoms with van der Waals surface area (Å²) in [5.74, 6) is -1.52. The summed E-state index contributed by atoms with van der Waals surface area (Å²) in [6.07, 6.45) is 1.42. The van der Waals surface area contributed by atoms with Gasteiger partial charge in [-0.15, -0.1) is 0 Å². The third kappa shape index (κ3) is 1.97. The van der Waals surface area contributed by atoms with Crippen molar-refractivity contribution in [1.82, 2.24) is 0 Å². The Hall–Kier alpha value is -1.12. The Morgan fingerprint density at radius 1 is 1.31 bits per heavy atom. The van der Waals surface area contributed by atoms with Crippen LogP contribution in [0.1, 0.15) is 18.9 Å². The maximum absolute atomic E-state index is 13.4. The molecule has 72 valence electrons. The van der Waals surface area contributed by atoms with E-state index in [2.05, 4.69) is 4.74 Å². The molecule has 1 aromatic carbocycles. The molecule has 0 spiro atoms. The molecule has 0 aromatic heterocycles. The topological polar surface area (TPSA) is 9.23 Å². The average Bonchev–Trinajstić information content (AvgIpc) is 2.11. The zero-order valence-corrected chi connectivity index (χ0v) is 7.73. The smallest absolute Gasteiger partial charge is 0.190 e. The van der Waals surface area contributed by atoms with E-state index in [4.69, 9.17) is 0 Å². The Kier molecular flexibility index (Phi) is 3.23. The molecule has 0 N–H and O–H groups in total. The van der Waals surface area contributed by atoms with Crippen LogP contribution in [0.2, 0.25) is 0 Å². The lowest BCUT2D eigenvalue weighted by Gasteiger charge is -2.07. The van der Waals surface area contributed by atoms with Gasteiger partial charge < -0.3 is 4.74 Å². The molecule has 3 heteroatoms. The first kappa shape index (κ1) is 9.96. The molecule has 0 radical (unpaired) electrons. The minimum absolute atomic E-state index is 0.286. The molecule has 0 atom stereocenters. The fourth-order valence-corrected chi connectivity index (χ4v) is 1.22. The van der Waals surface area contributed by atoms with Crippen molar-refractivity contribution >= 4 is 0 Å². The third-order valence-corrected chi connectivity index (χ3v) is 1.85. The van der Waals surface area contributed by atoms with Gasteiger partial charge in [0, 0.05) is 0 Å². The van der Waals surface area contributed by atoms with Crippen molar-refractivity contribution in [3.05, 3.63) is 29.3 Å². The third-order valence-electron chi connectivity index (χ3n) is 1.85. The monoisotopic (exact) mass is 186 g/mol. The van der Waals surface area contributed by atoms with Gasteiger partial charge in [-0.1, -0.05) is 19.4 Å². The van der Waals surface area contributed by atoms with Gasteiger partial charge in [-0.05, 0) is 18.1 Å². The van der Waals surface area contributed by atoms with Gasteiger partial charge in [-0.3, -0.25) is 0 Å². The SMILES string of the molecule is CCCc1ccc(F)c(OC)c1F. The molecular formula is C10H12F2O. The highest BCUT2D eigenvalue weighted by molar-refractivity contribution is 5.32. The molecule has 0 aliphatic carbocycles. The highest BCUT2D eigenvalue weighted by Crippen LogP contribution is 2.24. The van der Waals surface area contributed by atoms with Crippen molar-refractivity contribution in [3.8, 4) is 5.75 Å². The minimum atomic E-state index is -0.653. The molecule has 0 aliphatic heterocycles. The van der Waals surface area contributed by atoms with Crippen LogP contribution in [-0.4, -0.2) is 7.11 Å². The van der Waals surface area contributed by atoms with Crippen molar-refractivity contribution in [2.45, 2.75) is 19.8 Å². The first-order chi connectivity index (χ1) is 6.20. The fraction of sp³-hybridized carbons (Fsp3) is 0.400. The van der Waals surface area contributed by atoms with E-state index in [-0.39, 0.29) is 5.75 Å². The molecule has 0 bridgehead atoms. The van der Waals surface area contributed by atoms with Crippen LogP contribution in [-0.2, 0) is 6.42 Å². The van der Waals surface area contributed by atoms with E-state index in [1.807, 2.05) is 6.92 Å².